The topological polar surface area (TPSA) is 76.4 Å². The van der Waals surface area contributed by atoms with E-state index in [0.29, 0.717) is 29.4 Å². The minimum Gasteiger partial charge on any atom is -0.376 e. The van der Waals surface area contributed by atoms with E-state index in [1.165, 1.54) is 18.9 Å². The van der Waals surface area contributed by atoms with Crippen molar-refractivity contribution in [1.82, 2.24) is 10.5 Å². The highest BCUT2D eigenvalue weighted by Crippen LogP contribution is 2.38. The smallest absolute Gasteiger partial charge is 0.320 e. The highest BCUT2D eigenvalue weighted by molar-refractivity contribution is 5.90. The van der Waals surface area contributed by atoms with Crippen molar-refractivity contribution in [3.05, 3.63) is 35.6 Å². The maximum absolute atomic E-state index is 13.9. The number of carbonyl (C=O) groups is 1. The molecule has 7 heteroatoms. The van der Waals surface area contributed by atoms with Crippen LogP contribution in [0, 0.1) is 18.7 Å². The number of halogens is 1. The van der Waals surface area contributed by atoms with Crippen molar-refractivity contribution >= 4 is 11.8 Å². The number of urea groups is 1. The number of carbonyl (C=O) groups excluding carboxylic acids is 1. The Morgan fingerprint density at radius 2 is 2.08 bits per heavy atom. The average Bonchev–Trinajstić information content (AvgIpc) is 3.24. The zero-order chi connectivity index (χ0) is 17.4. The Bertz CT molecular complexity index is 788. The summed E-state index contributed by atoms with van der Waals surface area (Å²) in [6, 6.07) is 5.97. The predicted molar refractivity (Wildman–Crippen MR) is 89.7 cm³/mol. The molecule has 1 aliphatic carbocycles. The van der Waals surface area contributed by atoms with Gasteiger partial charge in [0.2, 0.25) is 0 Å². The zero-order valence-corrected chi connectivity index (χ0v) is 13.9. The monoisotopic (exact) mass is 345 g/mol. The van der Waals surface area contributed by atoms with Crippen LogP contribution in [-0.2, 0) is 4.74 Å². The third kappa shape index (κ3) is 3.24. The van der Waals surface area contributed by atoms with Crippen LogP contribution in [0.4, 0.5) is 15.0 Å². The van der Waals surface area contributed by atoms with Gasteiger partial charge in [0.05, 0.1) is 17.7 Å². The summed E-state index contributed by atoms with van der Waals surface area (Å²) in [6.07, 6.45) is 3.25. The molecule has 2 heterocycles. The Morgan fingerprint density at radius 3 is 2.84 bits per heavy atom. The molecule has 132 valence electrons. The minimum absolute atomic E-state index is 0.0192. The number of ether oxygens (including phenoxy) is 1. The fourth-order valence-electron chi connectivity index (χ4n) is 3.32. The Kier molecular flexibility index (Phi) is 4.17. The second kappa shape index (κ2) is 6.48. The van der Waals surface area contributed by atoms with Gasteiger partial charge >= 0.3 is 6.03 Å². The number of anilines is 1. The molecule has 2 N–H and O–H groups in total. The van der Waals surface area contributed by atoms with Gasteiger partial charge in [-0.3, -0.25) is 5.32 Å². The summed E-state index contributed by atoms with van der Waals surface area (Å²) in [4.78, 5) is 12.3. The van der Waals surface area contributed by atoms with Crippen LogP contribution in [-0.4, -0.2) is 29.9 Å². The summed E-state index contributed by atoms with van der Waals surface area (Å²) < 4.78 is 24.9. The summed E-state index contributed by atoms with van der Waals surface area (Å²) in [5.74, 6) is 0.772. The molecule has 1 saturated heterocycles. The SMILES string of the molecule is Cc1c(NC(=O)N[C@H]2CCO[C@@H]2C2CC2)noc1-c1ccccc1F. The molecule has 4 rings (SSSR count). The van der Waals surface area contributed by atoms with Gasteiger partial charge in [-0.1, -0.05) is 17.3 Å². The van der Waals surface area contributed by atoms with Crippen LogP contribution < -0.4 is 10.6 Å². The van der Waals surface area contributed by atoms with E-state index in [2.05, 4.69) is 15.8 Å². The maximum Gasteiger partial charge on any atom is 0.320 e. The maximum atomic E-state index is 13.9. The lowest BCUT2D eigenvalue weighted by Crippen LogP contribution is -2.43. The molecule has 2 aliphatic rings. The standard InChI is InChI=1S/C18H20FN3O3/c1-10-15(12-4-2-3-5-13(12)19)25-22-17(10)21-18(23)20-14-8-9-24-16(14)11-6-7-11/h2-5,11,14,16H,6-9H2,1H3,(H2,20,21,22,23)/t14-,16+/m0/s1. The normalized spacial score (nSPS) is 22.8. The minimum atomic E-state index is -0.395. The van der Waals surface area contributed by atoms with Gasteiger partial charge in [-0.05, 0) is 44.2 Å². The third-order valence-electron chi connectivity index (χ3n) is 4.81. The Balaban J connectivity index is 1.44. The first-order valence-corrected chi connectivity index (χ1v) is 8.54. The number of aromatic nitrogens is 1. The van der Waals surface area contributed by atoms with Crippen LogP contribution in [0.1, 0.15) is 24.8 Å². The molecular formula is C18H20FN3O3. The van der Waals surface area contributed by atoms with E-state index in [9.17, 15) is 9.18 Å². The number of nitrogens with one attached hydrogen (secondary N) is 2. The lowest BCUT2D eigenvalue weighted by molar-refractivity contribution is 0.0829. The molecule has 6 nitrogen and oxygen atoms in total. The fraction of sp³-hybridized carbons (Fsp3) is 0.444. The Hall–Kier alpha value is -2.41. The fourth-order valence-corrected chi connectivity index (χ4v) is 3.32. The molecule has 2 fully saturated rings. The van der Waals surface area contributed by atoms with Crippen LogP contribution in [0.25, 0.3) is 11.3 Å². The van der Waals surface area contributed by atoms with E-state index in [1.807, 2.05) is 0 Å². The first-order chi connectivity index (χ1) is 12.1. The van der Waals surface area contributed by atoms with E-state index < -0.39 is 5.82 Å². The molecule has 0 spiro atoms. The molecule has 0 radical (unpaired) electrons. The van der Waals surface area contributed by atoms with Crippen LogP contribution >= 0.6 is 0 Å². The van der Waals surface area contributed by atoms with E-state index in [-0.39, 0.29) is 24.0 Å². The summed E-state index contributed by atoms with van der Waals surface area (Å²) in [5.41, 5.74) is 0.903. The van der Waals surface area contributed by atoms with Gasteiger partial charge in [-0.15, -0.1) is 0 Å². The number of hydrogen-bond donors (Lipinski definition) is 2. The van der Waals surface area contributed by atoms with E-state index in [1.54, 1.807) is 25.1 Å². The second-order valence-corrected chi connectivity index (χ2v) is 6.63. The molecule has 0 bridgehead atoms. The largest absolute Gasteiger partial charge is 0.376 e. The number of rotatable bonds is 4. The highest BCUT2D eigenvalue weighted by Gasteiger charge is 2.41. The summed E-state index contributed by atoms with van der Waals surface area (Å²) in [6.45, 7) is 2.41. The lowest BCUT2D eigenvalue weighted by atomic mass is 10.1. The predicted octanol–water partition coefficient (Wildman–Crippen LogP) is 3.48. The van der Waals surface area contributed by atoms with Gasteiger partial charge in [0.1, 0.15) is 5.82 Å². The van der Waals surface area contributed by atoms with Gasteiger partial charge < -0.3 is 14.6 Å². The van der Waals surface area contributed by atoms with Gasteiger partial charge in [-0.25, -0.2) is 9.18 Å². The summed E-state index contributed by atoms with van der Waals surface area (Å²) in [5, 5.41) is 9.52. The van der Waals surface area contributed by atoms with Crippen molar-refractivity contribution in [2.24, 2.45) is 5.92 Å². The van der Waals surface area contributed by atoms with Crippen molar-refractivity contribution in [1.29, 1.82) is 0 Å². The molecule has 25 heavy (non-hydrogen) atoms. The quantitative estimate of drug-likeness (QED) is 0.889. The van der Waals surface area contributed by atoms with E-state index in [4.69, 9.17) is 9.26 Å². The van der Waals surface area contributed by atoms with Gasteiger partial charge in [0, 0.05) is 12.2 Å². The van der Waals surface area contributed by atoms with Crippen molar-refractivity contribution in [2.75, 3.05) is 11.9 Å². The number of amides is 2. The average molecular weight is 345 g/mol. The number of nitrogens with zero attached hydrogens (tertiary/aromatic N) is 1. The van der Waals surface area contributed by atoms with Gasteiger partial charge in [0.25, 0.3) is 0 Å². The third-order valence-corrected chi connectivity index (χ3v) is 4.81. The van der Waals surface area contributed by atoms with E-state index >= 15 is 0 Å². The molecular weight excluding hydrogens is 325 g/mol. The Morgan fingerprint density at radius 1 is 1.28 bits per heavy atom. The van der Waals surface area contributed by atoms with Crippen molar-refractivity contribution in [3.8, 4) is 11.3 Å². The molecule has 2 amide bonds. The molecule has 2 aromatic rings. The van der Waals surface area contributed by atoms with Gasteiger partial charge in [0.15, 0.2) is 11.6 Å². The first-order valence-electron chi connectivity index (χ1n) is 8.54. The van der Waals surface area contributed by atoms with Crippen LogP contribution in [0.15, 0.2) is 28.8 Å². The van der Waals surface area contributed by atoms with Crippen molar-refractivity contribution in [2.45, 2.75) is 38.3 Å². The first kappa shape index (κ1) is 16.1. The molecule has 1 aromatic heterocycles. The van der Waals surface area contributed by atoms with Crippen LogP contribution in [0.3, 0.4) is 0 Å². The summed E-state index contributed by atoms with van der Waals surface area (Å²) >= 11 is 0. The zero-order valence-electron chi connectivity index (χ0n) is 13.9. The number of benzene rings is 1. The number of hydrogen-bond acceptors (Lipinski definition) is 4. The summed E-state index contributed by atoms with van der Waals surface area (Å²) in [7, 11) is 0. The van der Waals surface area contributed by atoms with E-state index in [0.717, 1.165) is 6.42 Å². The Labute approximate surface area is 144 Å². The molecule has 1 saturated carbocycles. The molecule has 1 aliphatic heterocycles. The van der Waals surface area contributed by atoms with Crippen LogP contribution in [0.5, 0.6) is 0 Å². The van der Waals surface area contributed by atoms with Gasteiger partial charge in [-0.2, -0.15) is 0 Å². The molecule has 1 aromatic carbocycles. The van der Waals surface area contributed by atoms with Crippen molar-refractivity contribution in [3.63, 3.8) is 0 Å². The lowest BCUT2D eigenvalue weighted by Gasteiger charge is -2.19. The second-order valence-electron chi connectivity index (χ2n) is 6.63. The van der Waals surface area contributed by atoms with Crippen LogP contribution in [0.2, 0.25) is 0 Å². The molecule has 2 atom stereocenters. The highest BCUT2D eigenvalue weighted by atomic mass is 19.1. The van der Waals surface area contributed by atoms with Crippen molar-refractivity contribution < 1.29 is 18.4 Å². The molecule has 0 unspecified atom stereocenters.